The quantitative estimate of drug-likeness (QED) is 0.788. The number of ether oxygens (including phenoxy) is 2. The number of rotatable bonds is 6. The lowest BCUT2D eigenvalue weighted by atomic mass is 9.95. The number of hydrogen-bond donors (Lipinski definition) is 2. The summed E-state index contributed by atoms with van der Waals surface area (Å²) >= 11 is 0. The van der Waals surface area contributed by atoms with Gasteiger partial charge in [0.25, 0.3) is 0 Å². The van der Waals surface area contributed by atoms with Crippen molar-refractivity contribution in [2.45, 2.75) is 12.0 Å². The highest BCUT2D eigenvalue weighted by atomic mass is 16.5. The molecule has 3 N–H and O–H groups in total. The average molecular weight is 251 g/mol. The van der Waals surface area contributed by atoms with Crippen molar-refractivity contribution in [2.24, 2.45) is 11.7 Å². The van der Waals surface area contributed by atoms with Gasteiger partial charge in [-0.15, -0.1) is 0 Å². The van der Waals surface area contributed by atoms with Crippen LogP contribution in [0.2, 0.25) is 0 Å². The van der Waals surface area contributed by atoms with E-state index < -0.39 is 5.60 Å². The number of benzene rings is 1. The SMILES string of the molecule is NCC(O)(COCC1CCOC1)c1ccccc1. The van der Waals surface area contributed by atoms with E-state index in [2.05, 4.69) is 0 Å². The summed E-state index contributed by atoms with van der Waals surface area (Å²) in [5.41, 5.74) is 5.38. The highest BCUT2D eigenvalue weighted by molar-refractivity contribution is 5.22. The molecule has 1 fully saturated rings. The molecule has 0 spiro atoms. The van der Waals surface area contributed by atoms with E-state index in [1.54, 1.807) is 0 Å². The van der Waals surface area contributed by atoms with Crippen molar-refractivity contribution >= 4 is 0 Å². The van der Waals surface area contributed by atoms with Gasteiger partial charge in [-0.25, -0.2) is 0 Å². The van der Waals surface area contributed by atoms with Gasteiger partial charge in [-0.1, -0.05) is 30.3 Å². The van der Waals surface area contributed by atoms with Crippen LogP contribution in [-0.4, -0.2) is 38.1 Å². The fourth-order valence-electron chi connectivity index (χ4n) is 2.12. The van der Waals surface area contributed by atoms with Gasteiger partial charge in [0.2, 0.25) is 0 Å². The zero-order valence-electron chi connectivity index (χ0n) is 10.5. The molecule has 1 heterocycles. The smallest absolute Gasteiger partial charge is 0.125 e. The number of hydrogen-bond acceptors (Lipinski definition) is 4. The fourth-order valence-corrected chi connectivity index (χ4v) is 2.12. The van der Waals surface area contributed by atoms with Crippen molar-refractivity contribution in [3.63, 3.8) is 0 Å². The Morgan fingerprint density at radius 1 is 1.39 bits per heavy atom. The van der Waals surface area contributed by atoms with Crippen LogP contribution in [0.5, 0.6) is 0 Å². The van der Waals surface area contributed by atoms with Crippen LogP contribution >= 0.6 is 0 Å². The topological polar surface area (TPSA) is 64.7 Å². The summed E-state index contributed by atoms with van der Waals surface area (Å²) in [4.78, 5) is 0. The highest BCUT2D eigenvalue weighted by Gasteiger charge is 2.28. The molecule has 1 aromatic carbocycles. The Morgan fingerprint density at radius 3 is 2.78 bits per heavy atom. The van der Waals surface area contributed by atoms with E-state index in [1.807, 2.05) is 30.3 Å². The molecule has 0 radical (unpaired) electrons. The summed E-state index contributed by atoms with van der Waals surface area (Å²) in [7, 11) is 0. The van der Waals surface area contributed by atoms with E-state index in [0.29, 0.717) is 12.5 Å². The van der Waals surface area contributed by atoms with Crippen molar-refractivity contribution in [3.05, 3.63) is 35.9 Å². The van der Waals surface area contributed by atoms with Gasteiger partial charge in [-0.2, -0.15) is 0 Å². The van der Waals surface area contributed by atoms with E-state index in [9.17, 15) is 5.11 Å². The van der Waals surface area contributed by atoms with Gasteiger partial charge in [-0.05, 0) is 12.0 Å². The Balaban J connectivity index is 1.87. The first-order chi connectivity index (χ1) is 8.74. The molecule has 1 aliphatic heterocycles. The summed E-state index contributed by atoms with van der Waals surface area (Å²) in [6.07, 6.45) is 1.03. The minimum Gasteiger partial charge on any atom is -0.381 e. The van der Waals surface area contributed by atoms with Crippen LogP contribution in [0.1, 0.15) is 12.0 Å². The molecule has 18 heavy (non-hydrogen) atoms. The minimum atomic E-state index is -1.10. The van der Waals surface area contributed by atoms with Crippen molar-refractivity contribution < 1.29 is 14.6 Å². The first kappa shape index (κ1) is 13.5. The lowest BCUT2D eigenvalue weighted by Gasteiger charge is -2.27. The maximum atomic E-state index is 10.5. The Kier molecular flexibility index (Phi) is 4.72. The zero-order valence-corrected chi connectivity index (χ0v) is 10.5. The molecule has 100 valence electrons. The minimum absolute atomic E-state index is 0.151. The molecule has 1 aromatic rings. The van der Waals surface area contributed by atoms with Gasteiger partial charge in [0.05, 0.1) is 19.8 Å². The second kappa shape index (κ2) is 6.29. The Bertz CT molecular complexity index is 351. The predicted molar refractivity (Wildman–Crippen MR) is 69.1 cm³/mol. The molecule has 2 rings (SSSR count). The van der Waals surface area contributed by atoms with E-state index in [0.717, 1.165) is 25.2 Å². The Labute approximate surface area is 108 Å². The molecule has 0 saturated carbocycles. The molecule has 0 bridgehead atoms. The number of nitrogens with two attached hydrogens (primary N) is 1. The second-order valence-corrected chi connectivity index (χ2v) is 4.85. The maximum absolute atomic E-state index is 10.5. The van der Waals surface area contributed by atoms with Crippen LogP contribution in [0.15, 0.2) is 30.3 Å². The second-order valence-electron chi connectivity index (χ2n) is 4.85. The summed E-state index contributed by atoms with van der Waals surface area (Å²) in [6, 6.07) is 9.43. The van der Waals surface area contributed by atoms with E-state index in [1.165, 1.54) is 0 Å². The molecular formula is C14H21NO3. The highest BCUT2D eigenvalue weighted by Crippen LogP contribution is 2.21. The third-order valence-corrected chi connectivity index (χ3v) is 3.37. The summed E-state index contributed by atoms with van der Waals surface area (Å²) in [5, 5.41) is 10.5. The first-order valence-corrected chi connectivity index (χ1v) is 6.38. The molecule has 1 aliphatic rings. The van der Waals surface area contributed by atoms with Crippen molar-refractivity contribution in [1.29, 1.82) is 0 Å². The van der Waals surface area contributed by atoms with Crippen molar-refractivity contribution in [1.82, 2.24) is 0 Å². The monoisotopic (exact) mass is 251 g/mol. The molecule has 0 aliphatic carbocycles. The molecule has 2 unspecified atom stereocenters. The molecular weight excluding hydrogens is 230 g/mol. The van der Waals surface area contributed by atoms with Gasteiger partial charge in [0.15, 0.2) is 0 Å². The van der Waals surface area contributed by atoms with Crippen molar-refractivity contribution in [2.75, 3.05) is 33.0 Å². The van der Waals surface area contributed by atoms with Gasteiger partial charge in [0.1, 0.15) is 5.60 Å². The van der Waals surface area contributed by atoms with Gasteiger partial charge in [-0.3, -0.25) is 0 Å². The Hall–Kier alpha value is -0.940. The van der Waals surface area contributed by atoms with Crippen LogP contribution in [-0.2, 0) is 15.1 Å². The molecule has 0 amide bonds. The molecule has 4 heteroatoms. The molecule has 0 aromatic heterocycles. The summed E-state index contributed by atoms with van der Waals surface area (Å²) in [6.45, 7) is 2.57. The van der Waals surface area contributed by atoms with E-state index >= 15 is 0 Å². The average Bonchev–Trinajstić information content (AvgIpc) is 2.93. The third-order valence-electron chi connectivity index (χ3n) is 3.37. The molecule has 1 saturated heterocycles. The van der Waals surface area contributed by atoms with Gasteiger partial charge in [0, 0.05) is 19.1 Å². The van der Waals surface area contributed by atoms with E-state index in [-0.39, 0.29) is 13.2 Å². The van der Waals surface area contributed by atoms with Crippen molar-refractivity contribution in [3.8, 4) is 0 Å². The Morgan fingerprint density at radius 2 is 2.17 bits per heavy atom. The van der Waals surface area contributed by atoms with Crippen LogP contribution in [0.4, 0.5) is 0 Å². The largest absolute Gasteiger partial charge is 0.381 e. The normalized spacial score (nSPS) is 22.9. The van der Waals surface area contributed by atoms with E-state index in [4.69, 9.17) is 15.2 Å². The maximum Gasteiger partial charge on any atom is 0.125 e. The lowest BCUT2D eigenvalue weighted by Crippen LogP contribution is -2.40. The lowest BCUT2D eigenvalue weighted by molar-refractivity contribution is -0.0528. The summed E-state index contributed by atoms with van der Waals surface area (Å²) in [5.74, 6) is 0.447. The van der Waals surface area contributed by atoms with Crippen LogP contribution in [0, 0.1) is 5.92 Å². The van der Waals surface area contributed by atoms with Gasteiger partial charge < -0.3 is 20.3 Å². The predicted octanol–water partition coefficient (Wildman–Crippen LogP) is 0.886. The third kappa shape index (κ3) is 3.29. The first-order valence-electron chi connectivity index (χ1n) is 6.38. The standard InChI is InChI=1S/C14H21NO3/c15-10-14(16,13-4-2-1-3-5-13)11-18-9-12-6-7-17-8-12/h1-5,12,16H,6-11,15H2. The van der Waals surface area contributed by atoms with Gasteiger partial charge >= 0.3 is 0 Å². The molecule has 4 nitrogen and oxygen atoms in total. The van der Waals surface area contributed by atoms with Crippen LogP contribution < -0.4 is 5.73 Å². The molecule has 2 atom stereocenters. The number of aliphatic hydroxyl groups is 1. The fraction of sp³-hybridized carbons (Fsp3) is 0.571. The zero-order chi connectivity index (χ0) is 12.8. The summed E-state index contributed by atoms with van der Waals surface area (Å²) < 4.78 is 10.9. The van der Waals surface area contributed by atoms with Crippen LogP contribution in [0.25, 0.3) is 0 Å². The van der Waals surface area contributed by atoms with Crippen LogP contribution in [0.3, 0.4) is 0 Å².